The molecule has 0 aliphatic heterocycles. The Bertz CT molecular complexity index is 597. The zero-order chi connectivity index (χ0) is 14.0. The Kier molecular flexibility index (Phi) is 3.71. The number of aliphatic hydroxyl groups is 1. The fraction of sp³-hybridized carbons (Fsp3) is 0.267. The van der Waals surface area contributed by atoms with Crippen molar-refractivity contribution in [2.75, 3.05) is 13.7 Å². The van der Waals surface area contributed by atoms with Crippen LogP contribution < -0.4 is 4.74 Å². The maximum atomic E-state index is 11.6. The van der Waals surface area contributed by atoms with E-state index in [-0.39, 0.29) is 5.78 Å². The van der Waals surface area contributed by atoms with Gasteiger partial charge in [0.25, 0.3) is 0 Å². The van der Waals surface area contributed by atoms with Crippen LogP contribution in [-0.4, -0.2) is 29.2 Å². The molecule has 4 heteroatoms. The molecule has 0 saturated heterocycles. The Hall–Kier alpha value is -2.07. The summed E-state index contributed by atoms with van der Waals surface area (Å²) in [5.41, 5.74) is 3.32. The molecule has 1 N–H and O–H groups in total. The van der Waals surface area contributed by atoms with Crippen LogP contribution in [0.25, 0.3) is 5.69 Å². The number of aliphatic hydroxyl groups excluding tert-OH is 1. The minimum atomic E-state index is -0.465. The molecule has 0 aliphatic carbocycles. The largest absolute Gasteiger partial charge is 0.497 e. The molecule has 0 aliphatic rings. The molecule has 2 aromatic rings. The molecule has 2 rings (SSSR count). The van der Waals surface area contributed by atoms with Crippen LogP contribution in [0.4, 0.5) is 0 Å². The van der Waals surface area contributed by atoms with Crippen molar-refractivity contribution < 1.29 is 14.6 Å². The van der Waals surface area contributed by atoms with Gasteiger partial charge >= 0.3 is 0 Å². The van der Waals surface area contributed by atoms with Crippen LogP contribution in [0, 0.1) is 13.8 Å². The maximum Gasteiger partial charge on any atom is 0.189 e. The molecule has 0 radical (unpaired) electrons. The van der Waals surface area contributed by atoms with Gasteiger partial charge in [0, 0.05) is 22.6 Å². The first kappa shape index (κ1) is 13.4. The third-order valence-electron chi connectivity index (χ3n) is 3.21. The molecular weight excluding hydrogens is 242 g/mol. The molecule has 0 atom stereocenters. The zero-order valence-corrected chi connectivity index (χ0v) is 11.3. The Labute approximate surface area is 112 Å². The van der Waals surface area contributed by atoms with Crippen LogP contribution >= 0.6 is 0 Å². The van der Waals surface area contributed by atoms with Gasteiger partial charge in [0.15, 0.2) is 5.78 Å². The quantitative estimate of drug-likeness (QED) is 0.857. The summed E-state index contributed by atoms with van der Waals surface area (Å²) < 4.78 is 7.12. The van der Waals surface area contributed by atoms with E-state index in [0.29, 0.717) is 5.56 Å². The lowest BCUT2D eigenvalue weighted by Gasteiger charge is -2.10. The molecule has 0 fully saturated rings. The normalized spacial score (nSPS) is 10.5. The lowest BCUT2D eigenvalue weighted by atomic mass is 10.1. The molecule has 0 spiro atoms. The summed E-state index contributed by atoms with van der Waals surface area (Å²) in [6, 6.07) is 9.43. The van der Waals surface area contributed by atoms with Crippen molar-refractivity contribution in [1.82, 2.24) is 4.57 Å². The van der Waals surface area contributed by atoms with Gasteiger partial charge in [0.1, 0.15) is 12.4 Å². The monoisotopic (exact) mass is 259 g/mol. The lowest BCUT2D eigenvalue weighted by molar-refractivity contribution is 0.0903. The van der Waals surface area contributed by atoms with Gasteiger partial charge in [-0.2, -0.15) is 0 Å². The van der Waals surface area contributed by atoms with Crippen molar-refractivity contribution in [3.8, 4) is 11.4 Å². The predicted octanol–water partition coefficient (Wildman–Crippen LogP) is 2.28. The second-order valence-corrected chi connectivity index (χ2v) is 4.40. The highest BCUT2D eigenvalue weighted by atomic mass is 16.5. The van der Waals surface area contributed by atoms with Gasteiger partial charge in [-0.1, -0.05) is 0 Å². The summed E-state index contributed by atoms with van der Waals surface area (Å²) >= 11 is 0. The molecule has 1 aromatic carbocycles. The van der Waals surface area contributed by atoms with Crippen LogP contribution in [0.15, 0.2) is 30.3 Å². The highest BCUT2D eigenvalue weighted by Gasteiger charge is 2.15. The number of hydrogen-bond donors (Lipinski definition) is 1. The fourth-order valence-electron chi connectivity index (χ4n) is 2.26. The Balaban J connectivity index is 2.49. The van der Waals surface area contributed by atoms with E-state index in [0.717, 1.165) is 22.8 Å². The van der Waals surface area contributed by atoms with E-state index in [1.54, 1.807) is 13.2 Å². The van der Waals surface area contributed by atoms with E-state index < -0.39 is 6.61 Å². The summed E-state index contributed by atoms with van der Waals surface area (Å²) in [5.74, 6) is 0.533. The number of ketones is 1. The van der Waals surface area contributed by atoms with E-state index in [1.807, 2.05) is 42.7 Å². The Morgan fingerprint density at radius 2 is 1.89 bits per heavy atom. The van der Waals surface area contributed by atoms with Crippen molar-refractivity contribution >= 4 is 5.78 Å². The number of rotatable bonds is 4. The van der Waals surface area contributed by atoms with Crippen LogP contribution in [-0.2, 0) is 0 Å². The summed E-state index contributed by atoms with van der Waals surface area (Å²) in [7, 11) is 1.62. The number of benzene rings is 1. The Morgan fingerprint density at radius 1 is 1.26 bits per heavy atom. The van der Waals surface area contributed by atoms with Gasteiger partial charge in [-0.15, -0.1) is 0 Å². The number of carbonyl (C=O) groups is 1. The van der Waals surface area contributed by atoms with Crippen molar-refractivity contribution in [2.24, 2.45) is 0 Å². The molecule has 19 heavy (non-hydrogen) atoms. The van der Waals surface area contributed by atoms with Gasteiger partial charge in [-0.25, -0.2) is 0 Å². The van der Waals surface area contributed by atoms with Gasteiger partial charge in [-0.05, 0) is 44.2 Å². The Morgan fingerprint density at radius 3 is 2.42 bits per heavy atom. The molecule has 0 unspecified atom stereocenters. The van der Waals surface area contributed by atoms with Crippen LogP contribution in [0.2, 0.25) is 0 Å². The average molecular weight is 259 g/mol. The minimum absolute atomic E-state index is 0.257. The first-order chi connectivity index (χ1) is 9.08. The summed E-state index contributed by atoms with van der Waals surface area (Å²) in [4.78, 5) is 11.6. The highest BCUT2D eigenvalue weighted by molar-refractivity contribution is 5.98. The number of nitrogens with zero attached hydrogens (tertiary/aromatic N) is 1. The summed E-state index contributed by atoms with van der Waals surface area (Å²) in [6.07, 6.45) is 0. The number of Topliss-reactive ketones (excluding diaryl/α,β-unsaturated/α-hetero) is 1. The van der Waals surface area contributed by atoms with Gasteiger partial charge in [0.2, 0.25) is 0 Å². The molecule has 100 valence electrons. The second-order valence-electron chi connectivity index (χ2n) is 4.40. The van der Waals surface area contributed by atoms with Crippen LogP contribution in [0.3, 0.4) is 0 Å². The van der Waals surface area contributed by atoms with Crippen molar-refractivity contribution in [3.63, 3.8) is 0 Å². The maximum absolute atomic E-state index is 11.6. The molecule has 0 amide bonds. The van der Waals surface area contributed by atoms with Gasteiger partial charge in [0.05, 0.1) is 7.11 Å². The second kappa shape index (κ2) is 5.28. The molecular formula is C15H17NO3. The van der Waals surface area contributed by atoms with Gasteiger partial charge < -0.3 is 14.4 Å². The summed E-state index contributed by atoms with van der Waals surface area (Å²) in [6.45, 7) is 3.35. The predicted molar refractivity (Wildman–Crippen MR) is 73.2 cm³/mol. The van der Waals surface area contributed by atoms with E-state index in [1.165, 1.54) is 0 Å². The lowest BCUT2D eigenvalue weighted by Crippen LogP contribution is -2.06. The number of hydrogen-bond acceptors (Lipinski definition) is 3. The van der Waals surface area contributed by atoms with E-state index >= 15 is 0 Å². The van der Waals surface area contributed by atoms with Crippen molar-refractivity contribution in [2.45, 2.75) is 13.8 Å². The summed E-state index contributed by atoms with van der Waals surface area (Å²) in [5, 5.41) is 8.98. The third kappa shape index (κ3) is 2.39. The zero-order valence-electron chi connectivity index (χ0n) is 11.3. The van der Waals surface area contributed by atoms with Crippen LogP contribution in [0.5, 0.6) is 5.75 Å². The fourth-order valence-corrected chi connectivity index (χ4v) is 2.26. The highest BCUT2D eigenvalue weighted by Crippen LogP contribution is 2.22. The first-order valence-electron chi connectivity index (χ1n) is 6.06. The topological polar surface area (TPSA) is 51.5 Å². The number of aryl methyl sites for hydroxylation is 1. The number of carbonyl (C=O) groups excluding carboxylic acids is 1. The minimum Gasteiger partial charge on any atom is -0.497 e. The molecule has 1 heterocycles. The number of methoxy groups -OCH3 is 1. The van der Waals surface area contributed by atoms with E-state index in [9.17, 15) is 4.79 Å². The molecule has 0 saturated carbocycles. The van der Waals surface area contributed by atoms with Gasteiger partial charge in [-0.3, -0.25) is 4.79 Å². The van der Waals surface area contributed by atoms with Crippen molar-refractivity contribution in [1.29, 1.82) is 0 Å². The SMILES string of the molecule is COc1ccc(-n2c(C)cc(C(=O)CO)c2C)cc1. The number of aromatic nitrogens is 1. The molecule has 0 bridgehead atoms. The molecule has 4 nitrogen and oxygen atoms in total. The molecule has 1 aromatic heterocycles. The van der Waals surface area contributed by atoms with E-state index in [2.05, 4.69) is 0 Å². The average Bonchev–Trinajstić information content (AvgIpc) is 2.73. The third-order valence-corrected chi connectivity index (χ3v) is 3.21. The first-order valence-corrected chi connectivity index (χ1v) is 6.06. The standard InChI is InChI=1S/C15H17NO3/c1-10-8-14(15(18)9-17)11(2)16(10)12-4-6-13(19-3)7-5-12/h4-8,17H,9H2,1-3H3. The number of ether oxygens (including phenoxy) is 1. The smallest absolute Gasteiger partial charge is 0.189 e. The van der Waals surface area contributed by atoms with Crippen LogP contribution in [0.1, 0.15) is 21.7 Å². The van der Waals surface area contributed by atoms with E-state index in [4.69, 9.17) is 9.84 Å². The van der Waals surface area contributed by atoms with Crippen molar-refractivity contribution in [3.05, 3.63) is 47.3 Å².